The molecule has 1 aliphatic rings. The quantitative estimate of drug-likeness (QED) is 0.194. The van der Waals surface area contributed by atoms with Crippen molar-refractivity contribution in [2.24, 2.45) is 0 Å². The molecular weight excluding hydrogens is 582 g/mol. The summed E-state index contributed by atoms with van der Waals surface area (Å²) in [6, 6.07) is 14.4. The molecule has 244 valence electrons. The Morgan fingerprint density at radius 3 is 2.35 bits per heavy atom. The van der Waals surface area contributed by atoms with Gasteiger partial charge in [-0.2, -0.15) is 0 Å². The molecule has 1 aliphatic heterocycles. The van der Waals surface area contributed by atoms with Crippen LogP contribution in [-0.4, -0.2) is 71.1 Å². The van der Waals surface area contributed by atoms with E-state index in [1.165, 1.54) is 19.3 Å². The van der Waals surface area contributed by atoms with Crippen LogP contribution in [0.1, 0.15) is 68.4 Å². The lowest BCUT2D eigenvalue weighted by Gasteiger charge is -2.26. The SMILES string of the molecule is C=C(C(=O)NCc1ccc(NC(=O)OC(C)(C)C)nc1)c1ccc(-c2ccc(C(=O)NCCN3CCCCC3)c(NCC)n2)cc1. The molecule has 46 heavy (non-hydrogen) atoms. The van der Waals surface area contributed by atoms with E-state index in [-0.39, 0.29) is 18.4 Å². The molecule has 0 aliphatic carbocycles. The van der Waals surface area contributed by atoms with Crippen LogP contribution in [-0.2, 0) is 16.1 Å². The van der Waals surface area contributed by atoms with E-state index in [4.69, 9.17) is 9.72 Å². The van der Waals surface area contributed by atoms with E-state index in [0.717, 1.165) is 30.8 Å². The molecule has 0 spiro atoms. The fourth-order valence-corrected chi connectivity index (χ4v) is 4.98. The molecule has 0 atom stereocenters. The molecule has 2 aromatic heterocycles. The number of likely N-dealkylation sites (tertiary alicyclic amines) is 1. The van der Waals surface area contributed by atoms with Crippen molar-refractivity contribution < 1.29 is 19.1 Å². The van der Waals surface area contributed by atoms with Gasteiger partial charge in [0.05, 0.1) is 11.3 Å². The van der Waals surface area contributed by atoms with Gasteiger partial charge in [-0.05, 0) is 83.0 Å². The number of aromatic nitrogens is 2. The Labute approximate surface area is 271 Å². The number of rotatable bonds is 12. The number of nitrogens with one attached hydrogen (secondary N) is 4. The number of carbonyl (C=O) groups excluding carboxylic acids is 3. The van der Waals surface area contributed by atoms with Crippen molar-refractivity contribution in [3.05, 3.63) is 78.0 Å². The molecule has 4 rings (SSSR count). The van der Waals surface area contributed by atoms with Gasteiger partial charge in [0.25, 0.3) is 11.8 Å². The number of carbonyl (C=O) groups is 3. The minimum absolute atomic E-state index is 0.145. The monoisotopic (exact) mass is 627 g/mol. The van der Waals surface area contributed by atoms with Gasteiger partial charge >= 0.3 is 6.09 Å². The second kappa shape index (κ2) is 16.0. The zero-order valence-corrected chi connectivity index (χ0v) is 27.2. The van der Waals surface area contributed by atoms with Gasteiger partial charge in [0, 0.05) is 43.5 Å². The third-order valence-corrected chi connectivity index (χ3v) is 7.36. The Balaban J connectivity index is 1.31. The van der Waals surface area contributed by atoms with Crippen molar-refractivity contribution >= 4 is 35.1 Å². The largest absolute Gasteiger partial charge is 0.444 e. The zero-order chi connectivity index (χ0) is 33.1. The highest BCUT2D eigenvalue weighted by atomic mass is 16.6. The highest BCUT2D eigenvalue weighted by molar-refractivity contribution is 6.18. The summed E-state index contributed by atoms with van der Waals surface area (Å²) in [6.45, 7) is 15.8. The van der Waals surface area contributed by atoms with Crippen molar-refractivity contribution in [2.75, 3.05) is 43.4 Å². The zero-order valence-electron chi connectivity index (χ0n) is 27.2. The van der Waals surface area contributed by atoms with Gasteiger partial charge in [0.15, 0.2) is 0 Å². The topological polar surface area (TPSA) is 138 Å². The molecule has 11 heteroatoms. The van der Waals surface area contributed by atoms with Gasteiger partial charge in [0.1, 0.15) is 17.2 Å². The van der Waals surface area contributed by atoms with Crippen molar-refractivity contribution in [1.82, 2.24) is 25.5 Å². The minimum atomic E-state index is -0.611. The van der Waals surface area contributed by atoms with Crippen LogP contribution in [0.3, 0.4) is 0 Å². The van der Waals surface area contributed by atoms with Gasteiger partial charge in [-0.15, -0.1) is 0 Å². The highest BCUT2D eigenvalue weighted by Crippen LogP contribution is 2.24. The Kier molecular flexibility index (Phi) is 11.9. The van der Waals surface area contributed by atoms with Crippen LogP contribution in [0.2, 0.25) is 0 Å². The fraction of sp³-hybridized carbons (Fsp3) is 0.400. The molecule has 1 aromatic carbocycles. The van der Waals surface area contributed by atoms with Crippen LogP contribution in [0.25, 0.3) is 16.8 Å². The average Bonchev–Trinajstić information content (AvgIpc) is 3.03. The van der Waals surface area contributed by atoms with Crippen LogP contribution in [0, 0.1) is 0 Å². The van der Waals surface area contributed by atoms with Crippen molar-refractivity contribution in [3.8, 4) is 11.3 Å². The molecule has 1 fully saturated rings. The lowest BCUT2D eigenvalue weighted by atomic mass is 10.0. The standard InChI is InChI=1S/C35H45N7O4/c1-6-36-31-28(33(44)37-18-21-42-19-8-7-9-20-42)15-16-29(40-31)27-13-11-26(12-14-27)24(2)32(43)39-23-25-10-17-30(38-22-25)41-34(45)46-35(3,4)5/h10-17,22H,2,6-9,18-21,23H2,1,3-5H3,(H,36,40)(H,37,44)(H,39,43)(H,38,41,45). The maximum Gasteiger partial charge on any atom is 0.413 e. The number of pyridine rings is 2. The molecule has 0 radical (unpaired) electrons. The molecule has 11 nitrogen and oxygen atoms in total. The molecule has 3 aromatic rings. The molecule has 3 amide bonds. The fourth-order valence-electron chi connectivity index (χ4n) is 4.98. The van der Waals surface area contributed by atoms with Gasteiger partial charge < -0.3 is 25.6 Å². The number of ether oxygens (including phenoxy) is 1. The molecule has 1 saturated heterocycles. The summed E-state index contributed by atoms with van der Waals surface area (Å²) >= 11 is 0. The van der Waals surface area contributed by atoms with Crippen LogP contribution in [0.5, 0.6) is 0 Å². The Hall–Kier alpha value is -4.77. The summed E-state index contributed by atoms with van der Waals surface area (Å²) in [4.78, 5) is 49.1. The summed E-state index contributed by atoms with van der Waals surface area (Å²) in [6.07, 6.45) is 4.71. The first-order chi connectivity index (χ1) is 22.0. The third-order valence-electron chi connectivity index (χ3n) is 7.36. The smallest absolute Gasteiger partial charge is 0.413 e. The summed E-state index contributed by atoms with van der Waals surface area (Å²) in [5, 5.41) is 11.7. The van der Waals surface area contributed by atoms with E-state index >= 15 is 0 Å². The molecule has 0 bridgehead atoms. The highest BCUT2D eigenvalue weighted by Gasteiger charge is 2.18. The van der Waals surface area contributed by atoms with Gasteiger partial charge in [-0.1, -0.05) is 43.3 Å². The number of nitrogens with zero attached hydrogens (tertiary/aromatic N) is 3. The predicted molar refractivity (Wildman–Crippen MR) is 181 cm³/mol. The number of anilines is 2. The number of hydrogen-bond donors (Lipinski definition) is 4. The van der Waals surface area contributed by atoms with Gasteiger partial charge in [-0.3, -0.25) is 14.9 Å². The average molecular weight is 628 g/mol. The molecule has 0 unspecified atom stereocenters. The molecule has 3 heterocycles. The maximum absolute atomic E-state index is 13.0. The Morgan fingerprint density at radius 2 is 1.70 bits per heavy atom. The van der Waals surface area contributed by atoms with E-state index in [1.54, 1.807) is 45.2 Å². The van der Waals surface area contributed by atoms with Crippen LogP contribution in [0.4, 0.5) is 16.4 Å². The van der Waals surface area contributed by atoms with Gasteiger partial charge in [-0.25, -0.2) is 14.8 Å². The van der Waals surface area contributed by atoms with Crippen molar-refractivity contribution in [2.45, 2.75) is 59.1 Å². The molecule has 4 N–H and O–H groups in total. The lowest BCUT2D eigenvalue weighted by molar-refractivity contribution is -0.115. The first-order valence-corrected chi connectivity index (χ1v) is 15.8. The van der Waals surface area contributed by atoms with E-state index in [2.05, 4.69) is 37.7 Å². The summed E-state index contributed by atoms with van der Waals surface area (Å²) in [7, 11) is 0. The van der Waals surface area contributed by atoms with Crippen molar-refractivity contribution in [3.63, 3.8) is 0 Å². The summed E-state index contributed by atoms with van der Waals surface area (Å²) in [5.41, 5.74) is 3.20. The van der Waals surface area contributed by atoms with Gasteiger partial charge in [0.2, 0.25) is 0 Å². The second-order valence-corrected chi connectivity index (χ2v) is 12.2. The van der Waals surface area contributed by atoms with E-state index in [1.807, 2.05) is 37.3 Å². The van der Waals surface area contributed by atoms with Crippen molar-refractivity contribution in [1.29, 1.82) is 0 Å². The van der Waals surface area contributed by atoms with Crippen LogP contribution in [0.15, 0.2) is 61.3 Å². The Bertz CT molecular complexity index is 1510. The molecule has 0 saturated carbocycles. The van der Waals surface area contributed by atoms with E-state index in [0.29, 0.717) is 47.1 Å². The number of amides is 3. The van der Waals surface area contributed by atoms with Crippen LogP contribution >= 0.6 is 0 Å². The lowest BCUT2D eigenvalue weighted by Crippen LogP contribution is -2.37. The van der Waals surface area contributed by atoms with Crippen LogP contribution < -0.4 is 21.3 Å². The first kappa shape index (κ1) is 34.1. The maximum atomic E-state index is 13.0. The predicted octanol–water partition coefficient (Wildman–Crippen LogP) is 5.47. The second-order valence-electron chi connectivity index (χ2n) is 12.2. The third kappa shape index (κ3) is 10.1. The van der Waals surface area contributed by atoms with E-state index < -0.39 is 11.7 Å². The number of hydrogen-bond acceptors (Lipinski definition) is 8. The summed E-state index contributed by atoms with van der Waals surface area (Å²) < 4.78 is 5.23. The number of piperidine rings is 1. The molecular formula is C35H45N7O4. The van der Waals surface area contributed by atoms with E-state index in [9.17, 15) is 14.4 Å². The Morgan fingerprint density at radius 1 is 0.957 bits per heavy atom. The first-order valence-electron chi connectivity index (χ1n) is 15.8. The minimum Gasteiger partial charge on any atom is -0.444 e. The number of benzene rings is 1. The summed E-state index contributed by atoms with van der Waals surface area (Å²) in [5.74, 6) is 0.425. The normalized spacial score (nSPS) is 13.4.